The Balaban J connectivity index is 1.40. The number of furan rings is 1. The zero-order valence-corrected chi connectivity index (χ0v) is 15.5. The van der Waals surface area contributed by atoms with E-state index in [-0.39, 0.29) is 5.41 Å². The van der Waals surface area contributed by atoms with Crippen molar-refractivity contribution in [1.29, 1.82) is 0 Å². The first-order valence-corrected chi connectivity index (χ1v) is 9.60. The molecule has 4 rings (SSSR count). The molecule has 0 unspecified atom stereocenters. The Bertz CT molecular complexity index is 702. The Labute approximate surface area is 155 Å². The first-order chi connectivity index (χ1) is 12.7. The minimum Gasteiger partial charge on any atom is -0.465 e. The predicted octanol–water partition coefficient (Wildman–Crippen LogP) is 3.57. The van der Waals surface area contributed by atoms with E-state index >= 15 is 0 Å². The van der Waals surface area contributed by atoms with Crippen LogP contribution in [0.25, 0.3) is 0 Å². The summed E-state index contributed by atoms with van der Waals surface area (Å²) < 4.78 is 18.1. The van der Waals surface area contributed by atoms with Gasteiger partial charge in [-0.25, -0.2) is 0 Å². The summed E-state index contributed by atoms with van der Waals surface area (Å²) >= 11 is 0. The van der Waals surface area contributed by atoms with E-state index < -0.39 is 0 Å². The molecule has 2 saturated heterocycles. The van der Waals surface area contributed by atoms with Gasteiger partial charge in [0, 0.05) is 31.3 Å². The molecule has 0 radical (unpaired) electrons. The number of aryl methyl sites for hydroxylation is 1. The van der Waals surface area contributed by atoms with Crippen molar-refractivity contribution < 1.29 is 13.9 Å². The topological polar surface area (TPSA) is 47.7 Å². The lowest BCUT2D eigenvalue weighted by molar-refractivity contribution is -0.156. The Hall–Kier alpha value is -1.69. The molecule has 26 heavy (non-hydrogen) atoms. The van der Waals surface area contributed by atoms with Gasteiger partial charge < -0.3 is 13.9 Å². The number of fused-ring (bicyclic) bond motifs is 1. The summed E-state index contributed by atoms with van der Waals surface area (Å²) in [7, 11) is 0. The fourth-order valence-corrected chi connectivity index (χ4v) is 4.36. The molecular weight excluding hydrogens is 328 g/mol. The second kappa shape index (κ2) is 7.91. The van der Waals surface area contributed by atoms with E-state index in [9.17, 15) is 0 Å². The van der Waals surface area contributed by atoms with Gasteiger partial charge in [0.05, 0.1) is 31.6 Å². The van der Waals surface area contributed by atoms with Crippen LogP contribution in [0, 0.1) is 12.3 Å². The lowest BCUT2D eigenvalue weighted by atomic mass is 9.73. The van der Waals surface area contributed by atoms with E-state index in [0.29, 0.717) is 12.7 Å². The van der Waals surface area contributed by atoms with Gasteiger partial charge in [-0.05, 0) is 50.5 Å². The van der Waals surface area contributed by atoms with Crippen LogP contribution in [0.4, 0.5) is 0 Å². The number of likely N-dealkylation sites (tertiary alicyclic amines) is 1. The molecule has 5 nitrogen and oxygen atoms in total. The van der Waals surface area contributed by atoms with E-state index in [1.54, 1.807) is 0 Å². The molecular formula is C21H28N2O3. The van der Waals surface area contributed by atoms with Crippen LogP contribution < -0.4 is 0 Å². The van der Waals surface area contributed by atoms with Gasteiger partial charge in [0.15, 0.2) is 0 Å². The molecule has 140 valence electrons. The number of hydrogen-bond donors (Lipinski definition) is 0. The fraction of sp³-hybridized carbons (Fsp3) is 0.571. The summed E-state index contributed by atoms with van der Waals surface area (Å²) in [5, 5.41) is 0. The monoisotopic (exact) mass is 356 g/mol. The molecule has 0 saturated carbocycles. The van der Waals surface area contributed by atoms with Gasteiger partial charge in [0.25, 0.3) is 0 Å². The number of pyridine rings is 1. The van der Waals surface area contributed by atoms with Gasteiger partial charge in [0.1, 0.15) is 11.5 Å². The molecule has 2 atom stereocenters. The van der Waals surface area contributed by atoms with E-state index in [0.717, 1.165) is 69.3 Å². The van der Waals surface area contributed by atoms with Crippen LogP contribution in [0.15, 0.2) is 40.9 Å². The maximum absolute atomic E-state index is 6.14. The van der Waals surface area contributed by atoms with Crippen molar-refractivity contribution in [3.05, 3.63) is 53.7 Å². The molecule has 0 spiro atoms. The fourth-order valence-electron chi connectivity index (χ4n) is 4.36. The predicted molar refractivity (Wildman–Crippen MR) is 98.6 cm³/mol. The first-order valence-electron chi connectivity index (χ1n) is 9.60. The second-order valence-electron chi connectivity index (χ2n) is 7.65. The number of hydrogen-bond acceptors (Lipinski definition) is 5. The Morgan fingerprint density at radius 2 is 2.27 bits per heavy atom. The standard InChI is InChI=1S/C21H28N2O3/c1-17-6-7-19(26-17)13-23-11-8-20-21(15-23,9-4-12-25-20)16-24-14-18-5-2-3-10-22-18/h2-3,5-7,10,20H,4,8-9,11-16H2,1H3/t20-,21+/m0/s1. The smallest absolute Gasteiger partial charge is 0.118 e. The third-order valence-electron chi connectivity index (χ3n) is 5.61. The van der Waals surface area contributed by atoms with Crippen molar-refractivity contribution in [3.8, 4) is 0 Å². The van der Waals surface area contributed by atoms with Gasteiger partial charge in [0.2, 0.25) is 0 Å². The van der Waals surface area contributed by atoms with Crippen LogP contribution in [-0.4, -0.2) is 42.3 Å². The number of rotatable bonds is 6. The summed E-state index contributed by atoms with van der Waals surface area (Å²) in [6, 6.07) is 10.1. The van der Waals surface area contributed by atoms with Crippen LogP contribution >= 0.6 is 0 Å². The molecule has 2 aromatic rings. The average Bonchev–Trinajstić information content (AvgIpc) is 3.07. The average molecular weight is 356 g/mol. The Morgan fingerprint density at radius 3 is 3.08 bits per heavy atom. The van der Waals surface area contributed by atoms with Gasteiger partial charge in [-0.15, -0.1) is 0 Å². The molecule has 2 aromatic heterocycles. The summed E-state index contributed by atoms with van der Waals surface area (Å²) in [5.74, 6) is 2.02. The third kappa shape index (κ3) is 4.00. The molecule has 2 aliphatic heterocycles. The SMILES string of the molecule is Cc1ccc(CN2CC[C@@H]3OCCC[C@]3(COCc3ccccn3)C2)o1. The van der Waals surface area contributed by atoms with Crippen LogP contribution in [0.1, 0.15) is 36.5 Å². The van der Waals surface area contributed by atoms with E-state index in [4.69, 9.17) is 13.9 Å². The highest BCUT2D eigenvalue weighted by molar-refractivity contribution is 5.07. The van der Waals surface area contributed by atoms with Crippen molar-refractivity contribution in [3.63, 3.8) is 0 Å². The van der Waals surface area contributed by atoms with Gasteiger partial charge >= 0.3 is 0 Å². The molecule has 2 fully saturated rings. The van der Waals surface area contributed by atoms with Gasteiger partial charge in [-0.3, -0.25) is 9.88 Å². The number of nitrogens with zero attached hydrogens (tertiary/aromatic N) is 2. The van der Waals surface area contributed by atoms with Crippen LogP contribution in [0.2, 0.25) is 0 Å². The number of piperidine rings is 1. The lowest BCUT2D eigenvalue weighted by Crippen LogP contribution is -2.56. The van der Waals surface area contributed by atoms with Crippen LogP contribution in [0.3, 0.4) is 0 Å². The summed E-state index contributed by atoms with van der Waals surface area (Å²) in [4.78, 5) is 6.85. The van der Waals surface area contributed by atoms with Gasteiger partial charge in [-0.1, -0.05) is 6.07 Å². The Kier molecular flexibility index (Phi) is 5.38. The third-order valence-corrected chi connectivity index (χ3v) is 5.61. The second-order valence-corrected chi connectivity index (χ2v) is 7.65. The largest absolute Gasteiger partial charge is 0.465 e. The van der Waals surface area contributed by atoms with Crippen molar-refractivity contribution in [2.75, 3.05) is 26.3 Å². The van der Waals surface area contributed by atoms with Crippen LogP contribution in [-0.2, 0) is 22.6 Å². The van der Waals surface area contributed by atoms with Crippen molar-refractivity contribution in [1.82, 2.24) is 9.88 Å². The van der Waals surface area contributed by atoms with E-state index in [1.165, 1.54) is 0 Å². The molecule has 0 amide bonds. The summed E-state index contributed by atoms with van der Waals surface area (Å²) in [5.41, 5.74) is 1.06. The van der Waals surface area contributed by atoms with Crippen LogP contribution in [0.5, 0.6) is 0 Å². The lowest BCUT2D eigenvalue weighted by Gasteiger charge is -2.50. The van der Waals surface area contributed by atoms with Gasteiger partial charge in [-0.2, -0.15) is 0 Å². The number of aromatic nitrogens is 1. The zero-order chi connectivity index (χ0) is 17.8. The van der Waals surface area contributed by atoms with E-state index in [2.05, 4.69) is 16.0 Å². The molecule has 0 N–H and O–H groups in total. The zero-order valence-electron chi connectivity index (χ0n) is 15.5. The quantitative estimate of drug-likeness (QED) is 0.792. The Morgan fingerprint density at radius 1 is 1.31 bits per heavy atom. The highest BCUT2D eigenvalue weighted by atomic mass is 16.5. The van der Waals surface area contributed by atoms with Crippen molar-refractivity contribution in [2.45, 2.75) is 45.4 Å². The highest BCUT2D eigenvalue weighted by Crippen LogP contribution is 2.41. The summed E-state index contributed by atoms with van der Waals surface area (Å²) in [6.45, 7) is 7.07. The van der Waals surface area contributed by atoms with Crippen molar-refractivity contribution in [2.24, 2.45) is 5.41 Å². The minimum atomic E-state index is 0.0763. The molecule has 0 aliphatic carbocycles. The molecule has 0 aromatic carbocycles. The highest BCUT2D eigenvalue weighted by Gasteiger charge is 2.46. The minimum absolute atomic E-state index is 0.0763. The maximum Gasteiger partial charge on any atom is 0.118 e. The number of ether oxygens (including phenoxy) is 2. The van der Waals surface area contributed by atoms with Crippen molar-refractivity contribution >= 4 is 0 Å². The molecule has 2 aliphatic rings. The normalized spacial score (nSPS) is 26.6. The molecule has 0 bridgehead atoms. The summed E-state index contributed by atoms with van der Waals surface area (Å²) in [6.07, 6.45) is 5.45. The molecule has 5 heteroatoms. The van der Waals surface area contributed by atoms with E-state index in [1.807, 2.05) is 37.4 Å². The molecule has 4 heterocycles. The first kappa shape index (κ1) is 17.7. The maximum atomic E-state index is 6.14.